The molecule has 0 radical (unpaired) electrons. The molecule has 0 aromatic heterocycles. The van der Waals surface area contributed by atoms with Crippen molar-refractivity contribution in [3.63, 3.8) is 0 Å². The molecule has 0 aromatic carbocycles. The van der Waals surface area contributed by atoms with E-state index < -0.39 is 60.2 Å². The molecule has 2 aliphatic carbocycles. The van der Waals surface area contributed by atoms with Gasteiger partial charge in [-0.25, -0.2) is 9.59 Å². The van der Waals surface area contributed by atoms with E-state index in [0.717, 1.165) is 6.29 Å². The summed E-state index contributed by atoms with van der Waals surface area (Å²) in [6, 6.07) is 0. The summed E-state index contributed by atoms with van der Waals surface area (Å²) in [5.41, 5.74) is -0.961. The lowest BCUT2D eigenvalue weighted by molar-refractivity contribution is -0.195. The molecule has 1 saturated heterocycles. The molecule has 3 N–H and O–H groups in total. The van der Waals surface area contributed by atoms with Crippen molar-refractivity contribution in [1.82, 2.24) is 0 Å². The minimum Gasteiger partial charge on any atom is -0.458 e. The maximum Gasteiger partial charge on any atom is 0.336 e. The van der Waals surface area contributed by atoms with Crippen molar-refractivity contribution in [2.45, 2.75) is 50.6 Å². The summed E-state index contributed by atoms with van der Waals surface area (Å²) in [6.45, 7) is 8.35. The number of ether oxygens (including phenoxy) is 2. The number of hydrogen-bond donors (Lipinski definition) is 3. The molecular formula is C20H26O8. The van der Waals surface area contributed by atoms with Crippen LogP contribution in [-0.2, 0) is 23.9 Å². The van der Waals surface area contributed by atoms with Gasteiger partial charge in [-0.05, 0) is 19.3 Å². The first-order chi connectivity index (χ1) is 13.2. The van der Waals surface area contributed by atoms with E-state index >= 15 is 0 Å². The zero-order valence-electron chi connectivity index (χ0n) is 15.7. The van der Waals surface area contributed by atoms with Crippen LogP contribution in [0.4, 0.5) is 0 Å². The summed E-state index contributed by atoms with van der Waals surface area (Å²) in [4.78, 5) is 36.3. The Kier molecular flexibility index (Phi) is 5.49. The molecule has 28 heavy (non-hydrogen) atoms. The highest BCUT2D eigenvalue weighted by molar-refractivity contribution is 5.92. The fraction of sp³-hybridized carbons (Fsp3) is 0.650. The number of aliphatic hydroxyl groups excluding tert-OH is 3. The number of carbonyl (C=O) groups excluding carboxylic acids is 3. The zero-order chi connectivity index (χ0) is 20.8. The van der Waals surface area contributed by atoms with E-state index in [4.69, 9.17) is 14.6 Å². The summed E-state index contributed by atoms with van der Waals surface area (Å²) in [5.74, 6) is -2.97. The zero-order valence-corrected chi connectivity index (χ0v) is 15.7. The first kappa shape index (κ1) is 20.7. The largest absolute Gasteiger partial charge is 0.458 e. The topological polar surface area (TPSA) is 130 Å². The van der Waals surface area contributed by atoms with Gasteiger partial charge in [-0.3, -0.25) is 0 Å². The predicted octanol–water partition coefficient (Wildman–Crippen LogP) is -0.0986. The quantitative estimate of drug-likeness (QED) is 0.335. The van der Waals surface area contributed by atoms with Gasteiger partial charge in [0, 0.05) is 22.8 Å². The van der Waals surface area contributed by atoms with Crippen molar-refractivity contribution in [1.29, 1.82) is 0 Å². The molecule has 1 heterocycles. The smallest absolute Gasteiger partial charge is 0.336 e. The van der Waals surface area contributed by atoms with Crippen molar-refractivity contribution in [2.24, 2.45) is 23.2 Å². The molecule has 0 aromatic rings. The summed E-state index contributed by atoms with van der Waals surface area (Å²) in [6.07, 6.45) is -1.85. The second-order valence-corrected chi connectivity index (χ2v) is 8.22. The van der Waals surface area contributed by atoms with E-state index in [1.165, 1.54) is 0 Å². The fourth-order valence-electron chi connectivity index (χ4n) is 5.09. The van der Waals surface area contributed by atoms with Gasteiger partial charge in [-0.15, -0.1) is 0 Å². The van der Waals surface area contributed by atoms with Crippen LogP contribution >= 0.6 is 0 Å². The van der Waals surface area contributed by atoms with E-state index in [9.17, 15) is 24.6 Å². The van der Waals surface area contributed by atoms with Crippen LogP contribution in [0.5, 0.6) is 0 Å². The molecule has 3 rings (SSSR count). The fourth-order valence-corrected chi connectivity index (χ4v) is 5.09. The van der Waals surface area contributed by atoms with E-state index in [1.54, 1.807) is 6.92 Å². The number of aliphatic hydroxyl groups is 3. The third-order valence-corrected chi connectivity index (χ3v) is 6.69. The molecular weight excluding hydrogens is 368 g/mol. The molecule has 8 atom stereocenters. The number of aldehydes is 1. The molecule has 154 valence electrons. The number of fused-ring (bicyclic) bond motifs is 3. The highest BCUT2D eigenvalue weighted by atomic mass is 16.6. The van der Waals surface area contributed by atoms with E-state index in [2.05, 4.69) is 13.2 Å². The lowest BCUT2D eigenvalue weighted by atomic mass is 9.51. The van der Waals surface area contributed by atoms with Gasteiger partial charge in [-0.2, -0.15) is 0 Å². The number of esters is 2. The maximum atomic E-state index is 12.4. The normalized spacial score (nSPS) is 40.7. The van der Waals surface area contributed by atoms with Gasteiger partial charge in [-0.1, -0.05) is 20.1 Å². The molecule has 1 aliphatic heterocycles. The van der Waals surface area contributed by atoms with Gasteiger partial charge in [0.25, 0.3) is 0 Å². The summed E-state index contributed by atoms with van der Waals surface area (Å²) in [7, 11) is 0. The molecule has 3 fully saturated rings. The van der Waals surface area contributed by atoms with Gasteiger partial charge in [0.05, 0.1) is 24.2 Å². The molecule has 0 bridgehead atoms. The average molecular weight is 394 g/mol. The Hall–Kier alpha value is -2.03. The second kappa shape index (κ2) is 7.42. The standard InChI is InChI=1S/C20H26O8/c1-9(12(23)8-22)18(25)27-13-6-20(3)14(24)5-4-11(7-21)16(20)17-15(13)10(2)19(26)28-17/h7,11-17,22-24H,1-2,4-6,8H2,3H3. The van der Waals surface area contributed by atoms with Crippen LogP contribution in [0.15, 0.2) is 24.3 Å². The SMILES string of the molecule is C=C(C(=O)OC1CC2(C)C(O)CCC(C=O)C2C2OC(=O)C(=C)C12)C(O)CO. The third kappa shape index (κ3) is 3.09. The maximum absolute atomic E-state index is 12.4. The van der Waals surface area contributed by atoms with Gasteiger partial charge in [0.1, 0.15) is 24.6 Å². The first-order valence-corrected chi connectivity index (χ1v) is 9.37. The van der Waals surface area contributed by atoms with Crippen LogP contribution in [0.3, 0.4) is 0 Å². The molecule has 8 nitrogen and oxygen atoms in total. The van der Waals surface area contributed by atoms with Crippen molar-refractivity contribution in [2.75, 3.05) is 6.61 Å². The molecule has 0 amide bonds. The van der Waals surface area contributed by atoms with Crippen molar-refractivity contribution in [3.8, 4) is 0 Å². The van der Waals surface area contributed by atoms with Gasteiger partial charge < -0.3 is 29.6 Å². The monoisotopic (exact) mass is 394 g/mol. The van der Waals surface area contributed by atoms with E-state index in [-0.39, 0.29) is 23.5 Å². The van der Waals surface area contributed by atoms with Crippen molar-refractivity contribution >= 4 is 18.2 Å². The van der Waals surface area contributed by atoms with Gasteiger partial charge >= 0.3 is 11.9 Å². The first-order valence-electron chi connectivity index (χ1n) is 9.37. The minimum atomic E-state index is -1.46. The Labute approximate surface area is 162 Å². The molecule has 2 saturated carbocycles. The Morgan fingerprint density at radius 3 is 2.75 bits per heavy atom. The highest BCUT2D eigenvalue weighted by Gasteiger charge is 2.63. The minimum absolute atomic E-state index is 0.155. The predicted molar refractivity (Wildman–Crippen MR) is 95.6 cm³/mol. The second-order valence-electron chi connectivity index (χ2n) is 8.22. The Bertz CT molecular complexity index is 715. The Balaban J connectivity index is 1.95. The summed E-state index contributed by atoms with van der Waals surface area (Å²) < 4.78 is 11.1. The molecule has 3 aliphatic rings. The van der Waals surface area contributed by atoms with Crippen LogP contribution in [0.25, 0.3) is 0 Å². The lowest BCUT2D eigenvalue weighted by Crippen LogP contribution is -2.60. The van der Waals surface area contributed by atoms with E-state index in [0.29, 0.717) is 12.8 Å². The summed E-state index contributed by atoms with van der Waals surface area (Å²) in [5, 5.41) is 29.3. The number of hydrogen-bond acceptors (Lipinski definition) is 8. The Morgan fingerprint density at radius 1 is 1.46 bits per heavy atom. The van der Waals surface area contributed by atoms with Crippen molar-refractivity contribution < 1.29 is 39.2 Å². The number of carbonyl (C=O) groups is 3. The lowest BCUT2D eigenvalue weighted by Gasteiger charge is -2.55. The third-order valence-electron chi connectivity index (χ3n) is 6.69. The van der Waals surface area contributed by atoms with Crippen LogP contribution in [0, 0.1) is 23.2 Å². The number of rotatable bonds is 5. The van der Waals surface area contributed by atoms with Gasteiger partial charge in [0.15, 0.2) is 0 Å². The van der Waals surface area contributed by atoms with Crippen molar-refractivity contribution in [3.05, 3.63) is 24.3 Å². The highest BCUT2D eigenvalue weighted by Crippen LogP contribution is 2.58. The van der Waals surface area contributed by atoms with Crippen LogP contribution in [0.1, 0.15) is 26.2 Å². The molecule has 8 unspecified atom stereocenters. The molecule has 8 heteroatoms. The van der Waals surface area contributed by atoms with Gasteiger partial charge in [0.2, 0.25) is 0 Å². The van der Waals surface area contributed by atoms with Crippen LogP contribution < -0.4 is 0 Å². The van der Waals surface area contributed by atoms with Crippen LogP contribution in [0.2, 0.25) is 0 Å². The summed E-state index contributed by atoms with van der Waals surface area (Å²) >= 11 is 0. The Morgan fingerprint density at radius 2 is 2.14 bits per heavy atom. The van der Waals surface area contributed by atoms with Crippen LogP contribution in [-0.4, -0.2) is 64.6 Å². The van der Waals surface area contributed by atoms with E-state index in [1.807, 2.05) is 0 Å². The molecule has 0 spiro atoms. The average Bonchev–Trinajstić information content (AvgIpc) is 2.96.